The zero-order chi connectivity index (χ0) is 23.8. The smallest absolute Gasteiger partial charge is 0.251 e. The van der Waals surface area contributed by atoms with Crippen molar-refractivity contribution in [1.82, 2.24) is 15.5 Å². The lowest BCUT2D eigenvalue weighted by Gasteiger charge is -2.29. The minimum atomic E-state index is -1.32. The van der Waals surface area contributed by atoms with Crippen molar-refractivity contribution in [2.75, 3.05) is 46.4 Å². The van der Waals surface area contributed by atoms with E-state index in [1.807, 2.05) is 36.2 Å². The molecule has 0 spiro atoms. The lowest BCUT2D eigenvalue weighted by Crippen LogP contribution is -2.46. The Kier molecular flexibility index (Phi) is 15.1. The van der Waals surface area contributed by atoms with E-state index in [4.69, 9.17) is 5.11 Å². The van der Waals surface area contributed by atoms with Crippen LogP contribution in [0.15, 0.2) is 24.3 Å². The fourth-order valence-corrected chi connectivity index (χ4v) is 3.51. The van der Waals surface area contributed by atoms with Gasteiger partial charge < -0.3 is 31.1 Å². The maximum Gasteiger partial charge on any atom is 0.251 e. The Morgan fingerprint density at radius 2 is 1.72 bits per heavy atom. The van der Waals surface area contributed by atoms with Gasteiger partial charge in [-0.1, -0.05) is 38.3 Å². The summed E-state index contributed by atoms with van der Waals surface area (Å²) >= 11 is 0. The molecule has 0 radical (unpaired) electrons. The van der Waals surface area contributed by atoms with Crippen LogP contribution in [0.5, 0.6) is 0 Å². The summed E-state index contributed by atoms with van der Waals surface area (Å²) in [5.41, 5.74) is 1.78. The molecule has 1 aromatic carbocycles. The van der Waals surface area contributed by atoms with Crippen molar-refractivity contribution in [3.8, 4) is 0 Å². The molecule has 32 heavy (non-hydrogen) atoms. The van der Waals surface area contributed by atoms with Gasteiger partial charge in [0.1, 0.15) is 6.10 Å². The average molecular weight is 454 g/mol. The summed E-state index contributed by atoms with van der Waals surface area (Å²) in [6.07, 6.45) is 1.58. The van der Waals surface area contributed by atoms with Crippen LogP contribution in [0.25, 0.3) is 0 Å². The molecule has 0 aromatic heterocycles. The Morgan fingerprint density at radius 3 is 2.34 bits per heavy atom. The van der Waals surface area contributed by atoms with Crippen LogP contribution in [-0.2, 0) is 6.42 Å². The first-order valence-corrected chi connectivity index (χ1v) is 11.8. The molecular weight excluding hydrogens is 410 g/mol. The third kappa shape index (κ3) is 11.4. The first-order chi connectivity index (χ1) is 15.4. The Labute approximate surface area is 192 Å². The summed E-state index contributed by atoms with van der Waals surface area (Å²) in [7, 11) is 1.91. The number of benzene rings is 1. The van der Waals surface area contributed by atoms with Gasteiger partial charge in [0.15, 0.2) is 0 Å². The molecule has 8 heteroatoms. The van der Waals surface area contributed by atoms with Crippen LogP contribution in [0.3, 0.4) is 0 Å². The van der Waals surface area contributed by atoms with E-state index in [1.54, 1.807) is 0 Å². The van der Waals surface area contributed by atoms with Crippen LogP contribution in [0.4, 0.5) is 0 Å². The van der Waals surface area contributed by atoms with Crippen LogP contribution in [0.2, 0.25) is 0 Å². The van der Waals surface area contributed by atoms with Crippen LogP contribution in [0.1, 0.15) is 54.9 Å². The van der Waals surface area contributed by atoms with E-state index in [0.717, 1.165) is 45.2 Å². The fourth-order valence-electron chi connectivity index (χ4n) is 3.51. The third-order valence-corrected chi connectivity index (χ3v) is 5.58. The maximum absolute atomic E-state index is 12.5. The quantitative estimate of drug-likeness (QED) is 0.179. The van der Waals surface area contributed by atoms with Crippen molar-refractivity contribution in [2.45, 2.75) is 63.8 Å². The van der Waals surface area contributed by atoms with Crippen molar-refractivity contribution in [1.29, 1.82) is 0 Å². The molecule has 3 atom stereocenters. The molecule has 0 aliphatic carbocycles. The van der Waals surface area contributed by atoms with Gasteiger partial charge >= 0.3 is 0 Å². The van der Waals surface area contributed by atoms with Gasteiger partial charge in [-0.05, 0) is 57.1 Å². The number of hydrogen-bond acceptors (Lipinski definition) is 7. The van der Waals surface area contributed by atoms with E-state index in [1.165, 1.54) is 5.56 Å². The topological polar surface area (TPSA) is 125 Å². The van der Waals surface area contributed by atoms with E-state index in [0.29, 0.717) is 18.7 Å². The van der Waals surface area contributed by atoms with E-state index >= 15 is 0 Å². The van der Waals surface area contributed by atoms with Gasteiger partial charge in [0, 0.05) is 31.8 Å². The van der Waals surface area contributed by atoms with Gasteiger partial charge in [-0.3, -0.25) is 9.69 Å². The number of rotatable bonds is 18. The molecule has 0 saturated heterocycles. The van der Waals surface area contributed by atoms with Gasteiger partial charge in [-0.25, -0.2) is 0 Å². The second-order valence-electron chi connectivity index (χ2n) is 8.31. The van der Waals surface area contributed by atoms with Gasteiger partial charge in [-0.15, -0.1) is 0 Å². The lowest BCUT2D eigenvalue weighted by molar-refractivity contribution is -0.0746. The number of aliphatic hydroxyl groups excluding tert-OH is 4. The predicted octanol–water partition coefficient (Wildman–Crippen LogP) is 0.526. The zero-order valence-electron chi connectivity index (χ0n) is 19.7. The van der Waals surface area contributed by atoms with E-state index in [-0.39, 0.29) is 25.5 Å². The van der Waals surface area contributed by atoms with Gasteiger partial charge in [0.2, 0.25) is 0 Å². The molecule has 0 aliphatic rings. The number of likely N-dealkylation sites (N-methyl/N-ethyl adjacent to an activating group) is 1. The molecule has 0 aliphatic heterocycles. The van der Waals surface area contributed by atoms with E-state index in [9.17, 15) is 20.1 Å². The zero-order valence-corrected chi connectivity index (χ0v) is 19.7. The molecule has 0 saturated carbocycles. The molecule has 8 nitrogen and oxygen atoms in total. The average Bonchev–Trinajstić information content (AvgIpc) is 2.80. The molecule has 6 N–H and O–H groups in total. The Hall–Kier alpha value is -1.55. The Bertz CT molecular complexity index is 614. The van der Waals surface area contributed by atoms with Crippen molar-refractivity contribution in [3.63, 3.8) is 0 Å². The molecule has 3 unspecified atom stereocenters. The fraction of sp³-hybridized carbons (Fsp3) is 0.708. The molecule has 1 amide bonds. The molecular formula is C24H43N3O5. The van der Waals surface area contributed by atoms with Crippen molar-refractivity contribution >= 4 is 5.91 Å². The summed E-state index contributed by atoms with van der Waals surface area (Å²) in [6.45, 7) is 4.63. The molecule has 0 bridgehead atoms. The van der Waals surface area contributed by atoms with Gasteiger partial charge in [-0.2, -0.15) is 0 Å². The highest BCUT2D eigenvalue weighted by molar-refractivity contribution is 5.94. The van der Waals surface area contributed by atoms with Crippen molar-refractivity contribution < 1.29 is 25.2 Å². The molecule has 184 valence electrons. The molecule has 1 aromatic rings. The van der Waals surface area contributed by atoms with Crippen LogP contribution >= 0.6 is 0 Å². The van der Waals surface area contributed by atoms with E-state index in [2.05, 4.69) is 17.6 Å². The second kappa shape index (κ2) is 17.0. The summed E-state index contributed by atoms with van der Waals surface area (Å²) in [5.74, 6) is -0.143. The Morgan fingerprint density at radius 1 is 1.00 bits per heavy atom. The van der Waals surface area contributed by atoms with Crippen molar-refractivity contribution in [3.05, 3.63) is 35.4 Å². The summed E-state index contributed by atoms with van der Waals surface area (Å²) in [4.78, 5) is 14.5. The predicted molar refractivity (Wildman–Crippen MR) is 127 cm³/mol. The largest absolute Gasteiger partial charge is 0.396 e. The first kappa shape index (κ1) is 28.5. The van der Waals surface area contributed by atoms with E-state index < -0.39 is 18.3 Å². The van der Waals surface area contributed by atoms with Gasteiger partial charge in [0.25, 0.3) is 5.91 Å². The SMILES string of the molecule is CCCCCCN(CCNC(=O)c1ccc(CCNC)cc1)CC(O)C(O)C(O)CCO. The van der Waals surface area contributed by atoms with Crippen LogP contribution in [0, 0.1) is 0 Å². The highest BCUT2D eigenvalue weighted by Gasteiger charge is 2.26. The molecule has 0 fully saturated rings. The van der Waals surface area contributed by atoms with Crippen LogP contribution < -0.4 is 10.6 Å². The highest BCUT2D eigenvalue weighted by atomic mass is 16.4. The number of hydrogen-bond donors (Lipinski definition) is 6. The Balaban J connectivity index is 2.55. The summed E-state index contributed by atoms with van der Waals surface area (Å²) in [6, 6.07) is 7.57. The number of nitrogens with one attached hydrogen (secondary N) is 2. The van der Waals surface area contributed by atoms with Crippen LogP contribution in [-0.4, -0.2) is 95.9 Å². The molecule has 1 rings (SSSR count). The number of nitrogens with zero attached hydrogens (tertiary/aromatic N) is 1. The number of amides is 1. The monoisotopic (exact) mass is 453 g/mol. The summed E-state index contributed by atoms with van der Waals surface area (Å²) < 4.78 is 0. The minimum Gasteiger partial charge on any atom is -0.396 e. The minimum absolute atomic E-state index is 0.0124. The number of carbonyl (C=O) groups is 1. The lowest BCUT2D eigenvalue weighted by atomic mass is 10.0. The normalized spacial score (nSPS) is 14.3. The highest BCUT2D eigenvalue weighted by Crippen LogP contribution is 2.09. The number of aliphatic hydroxyl groups is 4. The van der Waals surface area contributed by atoms with Gasteiger partial charge in [0.05, 0.1) is 12.2 Å². The standard InChI is InChI=1S/C24H43N3O5/c1-3-4-5-6-15-27(18-22(30)23(31)21(29)12-17-28)16-14-26-24(32)20-9-7-19(8-10-20)11-13-25-2/h7-10,21-23,25,28-31H,3-6,11-18H2,1-2H3,(H,26,32). The van der Waals surface area contributed by atoms with Crippen molar-refractivity contribution in [2.24, 2.45) is 0 Å². The third-order valence-electron chi connectivity index (χ3n) is 5.58. The number of carbonyl (C=O) groups excluding carboxylic acids is 1. The molecule has 0 heterocycles. The maximum atomic E-state index is 12.5. The summed E-state index contributed by atoms with van der Waals surface area (Å²) in [5, 5.41) is 45.2. The second-order valence-corrected chi connectivity index (χ2v) is 8.31. The first-order valence-electron chi connectivity index (χ1n) is 11.8. The number of unbranched alkanes of at least 4 members (excludes halogenated alkanes) is 3.